The molecule has 2 fully saturated rings. The number of benzene rings is 6. The fraction of sp³-hybridized carbons (Fsp3) is 0.352. The first-order valence-corrected chi connectivity index (χ1v) is 38.4. The standard InChI is InChI=1S/C36H45BN6O5S2.C35H42N6O4S2/c1-37(46)43-23-9-15-31(25-43)38-34(44)16-10-22-42(24-21-32(27-11-5-3-6-12-27)28-13-7-4-8-14-28)36(45)40-35-39-33(26-49-35)29-17-19-30(20-18-29)41-50(2,47)48;1-47(44,45)40-29-18-16-28(17-19-29)32-25-46-34(38-32)39-35(43)41(22-9-15-33(42)37-30-14-8-21-36-24-30)23-20-31(26-10-4-2-5-11-26)27-12-6-3-7-13-27/h3-8,11-14,17-20,26,31-32,41,46H,9-10,15-16,21-25H2,1-2H3,(H,38,44)(H,39,40,45);2-7,10-13,16-19,25,30-31,36,40H,8-9,14-15,20-24H2,1H3,(H,37,42)(H,38,39,43)/t31-;30-/m11/s1. The molecule has 8 N–H and O–H groups in total. The van der Waals surface area contributed by atoms with Gasteiger partial charge in [-0.15, -0.1) is 22.7 Å². The summed E-state index contributed by atoms with van der Waals surface area (Å²) in [4.78, 5) is 67.9. The van der Waals surface area contributed by atoms with Gasteiger partial charge in [-0.1, -0.05) is 146 Å². The Morgan fingerprint density at radius 1 is 0.567 bits per heavy atom. The number of nitrogens with zero attached hydrogens (tertiary/aromatic N) is 5. The summed E-state index contributed by atoms with van der Waals surface area (Å²) in [6, 6.07) is 54.5. The fourth-order valence-electron chi connectivity index (χ4n) is 12.0. The van der Waals surface area contributed by atoms with E-state index in [9.17, 15) is 41.0 Å². The van der Waals surface area contributed by atoms with Gasteiger partial charge in [0.25, 0.3) is 0 Å². The number of carbonyl (C=O) groups excluding carboxylic acids is 4. The predicted molar refractivity (Wildman–Crippen MR) is 391 cm³/mol. The van der Waals surface area contributed by atoms with Crippen LogP contribution >= 0.6 is 22.7 Å². The summed E-state index contributed by atoms with van der Waals surface area (Å²) in [5, 5.41) is 30.1. The van der Waals surface area contributed by atoms with Gasteiger partial charge in [0.2, 0.25) is 31.9 Å². The van der Waals surface area contributed by atoms with Crippen molar-refractivity contribution >= 4 is 95.3 Å². The molecule has 26 heteroatoms. The van der Waals surface area contributed by atoms with Crippen molar-refractivity contribution in [2.45, 2.75) is 95.0 Å². The minimum atomic E-state index is -3.39. The van der Waals surface area contributed by atoms with Gasteiger partial charge in [0.1, 0.15) is 0 Å². The summed E-state index contributed by atoms with van der Waals surface area (Å²) in [5.74, 6) is 0.122. The third-order valence-corrected chi connectivity index (χ3v) is 19.6. The van der Waals surface area contributed by atoms with Crippen molar-refractivity contribution in [2.75, 3.05) is 84.9 Å². The van der Waals surface area contributed by atoms with Crippen LogP contribution in [0, 0.1) is 0 Å². The maximum atomic E-state index is 13.8. The molecule has 6 aromatic carbocycles. The molecule has 0 aliphatic carbocycles. The van der Waals surface area contributed by atoms with Crippen LogP contribution in [0.5, 0.6) is 0 Å². The average Bonchev–Trinajstić information content (AvgIpc) is 1.86. The molecule has 2 saturated heterocycles. The van der Waals surface area contributed by atoms with E-state index in [1.54, 1.807) is 65.2 Å². The lowest BCUT2D eigenvalue weighted by Crippen LogP contribution is -2.52. The summed E-state index contributed by atoms with van der Waals surface area (Å²) >= 11 is 2.62. The normalized spacial score (nSPS) is 14.9. The Labute approximate surface area is 578 Å². The number of urea groups is 2. The molecule has 0 saturated carbocycles. The first kappa shape index (κ1) is 72.8. The lowest BCUT2D eigenvalue weighted by atomic mass is 9.82. The number of piperidine rings is 2. The van der Waals surface area contributed by atoms with E-state index < -0.39 is 27.1 Å². The van der Waals surface area contributed by atoms with Crippen molar-refractivity contribution < 1.29 is 41.0 Å². The van der Waals surface area contributed by atoms with Crippen molar-refractivity contribution in [3.63, 3.8) is 0 Å². The molecule has 6 amide bonds. The van der Waals surface area contributed by atoms with Crippen LogP contribution in [-0.2, 0) is 29.6 Å². The summed E-state index contributed by atoms with van der Waals surface area (Å²) in [6.07, 6.45) is 9.06. The zero-order valence-corrected chi connectivity index (χ0v) is 58.3. The number of hydrogen-bond donors (Lipinski definition) is 8. The number of hydrogen-bond acceptors (Lipinski definition) is 15. The molecule has 2 aliphatic rings. The highest BCUT2D eigenvalue weighted by Crippen LogP contribution is 2.32. The van der Waals surface area contributed by atoms with E-state index in [1.807, 2.05) is 88.4 Å². The van der Waals surface area contributed by atoms with Gasteiger partial charge in [-0.2, -0.15) is 0 Å². The number of rotatable bonds is 29. The minimum absolute atomic E-state index is 0.00555. The number of carbonyl (C=O) groups is 4. The second kappa shape index (κ2) is 36.2. The molecule has 2 atom stereocenters. The highest BCUT2D eigenvalue weighted by atomic mass is 32.2. The third-order valence-electron chi connectivity index (χ3n) is 16.8. The monoisotopic (exact) mass is 1390 g/mol. The number of anilines is 4. The summed E-state index contributed by atoms with van der Waals surface area (Å²) in [5.41, 5.74) is 8.52. The lowest BCUT2D eigenvalue weighted by molar-refractivity contribution is -0.123. The summed E-state index contributed by atoms with van der Waals surface area (Å²) in [7, 11) is -7.30. The molecule has 8 aromatic rings. The van der Waals surface area contributed by atoms with E-state index in [2.05, 4.69) is 94.5 Å². The molecule has 21 nitrogen and oxygen atoms in total. The second-order valence-corrected chi connectivity index (χ2v) is 29.7. The van der Waals surface area contributed by atoms with Crippen LogP contribution < -0.4 is 36.0 Å². The molecule has 10 rings (SSSR count). The highest BCUT2D eigenvalue weighted by Gasteiger charge is 2.27. The van der Waals surface area contributed by atoms with Gasteiger partial charge in [0, 0.05) is 109 Å². The van der Waals surface area contributed by atoms with E-state index >= 15 is 0 Å². The molecule has 4 heterocycles. The predicted octanol–water partition coefficient (Wildman–Crippen LogP) is 11.6. The number of aromatic nitrogens is 2. The molecule has 97 heavy (non-hydrogen) atoms. The maximum absolute atomic E-state index is 13.8. The Morgan fingerprint density at radius 2 is 0.959 bits per heavy atom. The Hall–Kier alpha value is -8.50. The first-order chi connectivity index (χ1) is 46.8. The largest absolute Gasteiger partial charge is 0.437 e. The van der Waals surface area contributed by atoms with Crippen LogP contribution in [-0.4, -0.2) is 154 Å². The molecule has 2 aromatic heterocycles. The molecule has 0 bridgehead atoms. The van der Waals surface area contributed by atoms with E-state index in [-0.39, 0.29) is 54.2 Å². The van der Waals surface area contributed by atoms with Crippen molar-refractivity contribution in [2.24, 2.45) is 0 Å². The van der Waals surface area contributed by atoms with E-state index in [0.29, 0.717) is 97.9 Å². The first-order valence-electron chi connectivity index (χ1n) is 32.9. The Kier molecular flexibility index (Phi) is 27.2. The summed E-state index contributed by atoms with van der Waals surface area (Å²) < 4.78 is 51.1. The topological polar surface area (TPSA) is 276 Å². The van der Waals surface area contributed by atoms with Crippen LogP contribution in [0.25, 0.3) is 22.5 Å². The Bertz CT molecular complexity index is 3930. The van der Waals surface area contributed by atoms with Gasteiger partial charge in [-0.05, 0) is 118 Å². The minimum Gasteiger partial charge on any atom is -0.437 e. The van der Waals surface area contributed by atoms with Gasteiger partial charge >= 0.3 is 19.1 Å². The Morgan fingerprint density at radius 3 is 1.33 bits per heavy atom. The number of thiazole rings is 2. The van der Waals surface area contributed by atoms with Crippen LogP contribution in [0.4, 0.5) is 31.2 Å². The fourth-order valence-corrected chi connectivity index (χ4v) is 14.6. The van der Waals surface area contributed by atoms with Gasteiger partial charge < -0.3 is 35.6 Å². The van der Waals surface area contributed by atoms with Crippen molar-refractivity contribution in [3.05, 3.63) is 203 Å². The molecule has 512 valence electrons. The second-order valence-electron chi connectivity index (χ2n) is 24.5. The van der Waals surface area contributed by atoms with E-state index in [4.69, 9.17) is 0 Å². The van der Waals surface area contributed by atoms with E-state index in [0.717, 1.165) is 69.0 Å². The highest BCUT2D eigenvalue weighted by molar-refractivity contribution is 7.92. The molecule has 0 unspecified atom stereocenters. The quantitative estimate of drug-likeness (QED) is 0.0203. The zero-order valence-electron chi connectivity index (χ0n) is 55.0. The molecular formula is C71H87BN12O9S4. The molecule has 0 radical (unpaired) electrons. The smallest absolute Gasteiger partial charge is 0.376 e. The molecular weight excluding hydrogens is 1300 g/mol. The van der Waals surface area contributed by atoms with Crippen LogP contribution in [0.1, 0.15) is 98.3 Å². The molecule has 0 spiro atoms. The number of nitrogens with one attached hydrogen (secondary N) is 7. The van der Waals surface area contributed by atoms with Gasteiger partial charge in [0.15, 0.2) is 10.3 Å². The SMILES string of the molecule is CB(O)N1CCC[C@@H](NC(=O)CCCN(CCC(c2ccccc2)c2ccccc2)C(=O)Nc2nc(-c3ccc(NS(C)(=O)=O)cc3)cs2)C1.CS(=O)(=O)Nc1ccc(-c2csc(NC(=O)N(CCCC(=O)N[C@@H]3CCCNC3)CCC(c3ccccc3)c3ccccc3)n2)cc1. The zero-order chi connectivity index (χ0) is 68.6. The van der Waals surface area contributed by atoms with Gasteiger partial charge in [-0.3, -0.25) is 29.7 Å². The Balaban J connectivity index is 0.000000228. The van der Waals surface area contributed by atoms with Crippen molar-refractivity contribution in [1.29, 1.82) is 0 Å². The summed E-state index contributed by atoms with van der Waals surface area (Å²) in [6.45, 7) is 6.71. The van der Waals surface area contributed by atoms with Gasteiger partial charge in [0.05, 0.1) is 23.9 Å². The van der Waals surface area contributed by atoms with Crippen LogP contribution in [0.3, 0.4) is 0 Å². The number of amides is 6. The molecule has 2 aliphatic heterocycles. The van der Waals surface area contributed by atoms with Crippen molar-refractivity contribution in [3.8, 4) is 22.5 Å². The lowest BCUT2D eigenvalue weighted by Gasteiger charge is -2.33. The van der Waals surface area contributed by atoms with Crippen LogP contribution in [0.15, 0.2) is 181 Å². The van der Waals surface area contributed by atoms with Crippen LogP contribution in [0.2, 0.25) is 6.82 Å². The third kappa shape index (κ3) is 23.9. The van der Waals surface area contributed by atoms with Gasteiger partial charge in [-0.25, -0.2) is 36.4 Å². The average molecular weight is 1390 g/mol. The van der Waals surface area contributed by atoms with E-state index in [1.165, 1.54) is 44.9 Å². The van der Waals surface area contributed by atoms with Crippen molar-refractivity contribution in [1.82, 2.24) is 40.5 Å². The maximum Gasteiger partial charge on any atom is 0.376 e. The number of sulfonamides is 2.